The van der Waals surface area contributed by atoms with Crippen LogP contribution in [0.2, 0.25) is 0 Å². The molecule has 1 saturated carbocycles. The maximum Gasteiger partial charge on any atom is 0.220 e. The molecule has 2 aromatic carbocycles. The summed E-state index contributed by atoms with van der Waals surface area (Å²) in [5.41, 5.74) is 5.75. The maximum atomic E-state index is 11.9. The Bertz CT molecular complexity index is 994. The number of carbonyl (C=O) groups is 1. The minimum Gasteiger partial charge on any atom is -0.496 e. The van der Waals surface area contributed by atoms with Gasteiger partial charge in [0.05, 0.1) is 7.11 Å². The van der Waals surface area contributed by atoms with Crippen LogP contribution in [0.25, 0.3) is 6.08 Å². The van der Waals surface area contributed by atoms with Crippen molar-refractivity contribution in [3.63, 3.8) is 0 Å². The van der Waals surface area contributed by atoms with Crippen LogP contribution in [-0.2, 0) is 17.6 Å². The lowest BCUT2D eigenvalue weighted by Crippen LogP contribution is -2.49. The van der Waals surface area contributed by atoms with E-state index in [1.54, 1.807) is 7.11 Å². The number of rotatable bonds is 4. The lowest BCUT2D eigenvalue weighted by Gasteiger charge is -2.34. The van der Waals surface area contributed by atoms with Gasteiger partial charge in [0.25, 0.3) is 0 Å². The normalized spacial score (nSPS) is 28.0. The molecule has 3 atom stereocenters. The Hall–Kier alpha value is -2.55. The van der Waals surface area contributed by atoms with Crippen molar-refractivity contribution in [1.29, 1.82) is 0 Å². The Balaban J connectivity index is 1.26. The molecule has 3 nitrogen and oxygen atoms in total. The number of hydrogen-bond donors (Lipinski definition) is 1. The molecule has 0 bridgehead atoms. The van der Waals surface area contributed by atoms with E-state index in [1.165, 1.54) is 29.5 Å². The summed E-state index contributed by atoms with van der Waals surface area (Å²) >= 11 is 0. The van der Waals surface area contributed by atoms with E-state index in [4.69, 9.17) is 4.74 Å². The zero-order valence-corrected chi connectivity index (χ0v) is 18.5. The molecule has 1 saturated heterocycles. The van der Waals surface area contributed by atoms with Gasteiger partial charge in [-0.2, -0.15) is 0 Å². The van der Waals surface area contributed by atoms with Gasteiger partial charge in [0, 0.05) is 17.5 Å². The van der Waals surface area contributed by atoms with Crippen LogP contribution in [-0.4, -0.2) is 18.6 Å². The molecule has 2 aromatic rings. The molecule has 31 heavy (non-hydrogen) atoms. The first-order valence-corrected chi connectivity index (χ1v) is 11.9. The van der Waals surface area contributed by atoms with Gasteiger partial charge in [-0.05, 0) is 86.0 Å². The number of amides is 1. The lowest BCUT2D eigenvalue weighted by molar-refractivity contribution is -0.125. The minimum atomic E-state index is 0.0737. The van der Waals surface area contributed by atoms with E-state index in [0.717, 1.165) is 49.8 Å². The molecule has 3 heteroatoms. The van der Waals surface area contributed by atoms with Gasteiger partial charge in [-0.3, -0.25) is 4.79 Å². The van der Waals surface area contributed by atoms with E-state index >= 15 is 0 Å². The fraction of sp³-hybridized carbons (Fsp3) is 0.464. The number of nitrogens with one attached hydrogen (secondary N) is 1. The first kappa shape index (κ1) is 20.4. The molecular weight excluding hydrogens is 382 g/mol. The predicted octanol–water partition coefficient (Wildman–Crippen LogP) is 5.82. The van der Waals surface area contributed by atoms with E-state index in [9.17, 15) is 4.79 Å². The summed E-state index contributed by atoms with van der Waals surface area (Å²) in [4.78, 5) is 11.9. The highest BCUT2D eigenvalue weighted by Gasteiger charge is 2.42. The number of benzene rings is 2. The highest BCUT2D eigenvalue weighted by molar-refractivity contribution is 5.77. The van der Waals surface area contributed by atoms with Crippen molar-refractivity contribution in [2.75, 3.05) is 7.11 Å². The summed E-state index contributed by atoms with van der Waals surface area (Å²) in [6, 6.07) is 15.4. The van der Waals surface area contributed by atoms with Crippen molar-refractivity contribution in [1.82, 2.24) is 5.32 Å². The third-order valence-electron chi connectivity index (χ3n) is 7.73. The van der Waals surface area contributed by atoms with Crippen molar-refractivity contribution < 1.29 is 9.53 Å². The molecule has 1 amide bonds. The number of methoxy groups -OCH3 is 1. The van der Waals surface area contributed by atoms with Crippen LogP contribution < -0.4 is 10.1 Å². The fourth-order valence-corrected chi connectivity index (χ4v) is 6.02. The van der Waals surface area contributed by atoms with E-state index < -0.39 is 0 Å². The van der Waals surface area contributed by atoms with Crippen LogP contribution in [0.3, 0.4) is 0 Å². The average molecular weight is 416 g/mol. The number of carbonyl (C=O) groups excluding carboxylic acids is 1. The van der Waals surface area contributed by atoms with Gasteiger partial charge >= 0.3 is 0 Å². The number of ether oxygens (including phenoxy) is 1. The molecule has 0 unspecified atom stereocenters. The second kappa shape index (κ2) is 8.53. The van der Waals surface area contributed by atoms with Gasteiger partial charge in [-0.25, -0.2) is 0 Å². The summed E-state index contributed by atoms with van der Waals surface area (Å²) in [6.07, 6.45) is 14.4. The maximum absolute atomic E-state index is 11.9. The standard InChI is InChI=1S/C28H33NO2/c1-31-26-6-3-2-5-21(26)10-8-20-9-11-23-18-24(13-12-22(23)17-20)25-14-16-28(19-25)15-4-7-27(30)29-28/h2-3,5-6,8,10,12-13,18,20,25H,4,7,9,11,14-17,19H2,1H3,(H,29,30)/b10-8+/t20-,25+,28-/m1/s1. The number of allylic oxidation sites excluding steroid dienone is 1. The van der Waals surface area contributed by atoms with Gasteiger partial charge in [0.2, 0.25) is 5.91 Å². The van der Waals surface area contributed by atoms with Crippen LogP contribution in [0.15, 0.2) is 48.5 Å². The summed E-state index contributed by atoms with van der Waals surface area (Å²) in [5.74, 6) is 2.36. The number of piperidine rings is 1. The fourth-order valence-electron chi connectivity index (χ4n) is 6.02. The second-order valence-corrected chi connectivity index (χ2v) is 9.75. The summed E-state index contributed by atoms with van der Waals surface area (Å²) in [6.45, 7) is 0. The molecule has 1 aliphatic heterocycles. The van der Waals surface area contributed by atoms with Gasteiger partial charge < -0.3 is 10.1 Å². The molecule has 1 heterocycles. The molecule has 2 fully saturated rings. The Morgan fingerprint density at radius 3 is 2.84 bits per heavy atom. The van der Waals surface area contributed by atoms with Crippen LogP contribution in [0.4, 0.5) is 0 Å². The summed E-state index contributed by atoms with van der Waals surface area (Å²) < 4.78 is 5.48. The monoisotopic (exact) mass is 415 g/mol. The van der Waals surface area contributed by atoms with E-state index in [1.807, 2.05) is 12.1 Å². The molecule has 0 radical (unpaired) electrons. The summed E-state index contributed by atoms with van der Waals surface area (Å²) in [5, 5.41) is 3.34. The Kier molecular flexibility index (Phi) is 5.60. The van der Waals surface area contributed by atoms with E-state index in [-0.39, 0.29) is 11.4 Å². The van der Waals surface area contributed by atoms with Crippen LogP contribution in [0.5, 0.6) is 5.75 Å². The Morgan fingerprint density at radius 2 is 1.97 bits per heavy atom. The average Bonchev–Trinajstić information content (AvgIpc) is 3.20. The molecule has 162 valence electrons. The number of para-hydroxylation sites is 1. The topological polar surface area (TPSA) is 38.3 Å². The summed E-state index contributed by atoms with van der Waals surface area (Å²) in [7, 11) is 1.73. The van der Waals surface area contributed by atoms with Gasteiger partial charge in [-0.1, -0.05) is 48.6 Å². The molecule has 2 aliphatic carbocycles. The highest BCUT2D eigenvalue weighted by atomic mass is 16.5. The zero-order valence-electron chi connectivity index (χ0n) is 18.5. The molecule has 3 aliphatic rings. The molecule has 1 N–H and O–H groups in total. The van der Waals surface area contributed by atoms with Gasteiger partial charge in [0.15, 0.2) is 0 Å². The third-order valence-corrected chi connectivity index (χ3v) is 7.73. The molecule has 1 spiro atoms. The second-order valence-electron chi connectivity index (χ2n) is 9.75. The van der Waals surface area contributed by atoms with Crippen LogP contribution >= 0.6 is 0 Å². The quantitative estimate of drug-likeness (QED) is 0.683. The lowest BCUT2D eigenvalue weighted by atomic mass is 9.80. The largest absolute Gasteiger partial charge is 0.496 e. The molecule has 5 rings (SSSR count). The number of hydrogen-bond acceptors (Lipinski definition) is 2. The van der Waals surface area contributed by atoms with Crippen molar-refractivity contribution >= 4 is 12.0 Å². The van der Waals surface area contributed by atoms with Crippen molar-refractivity contribution in [3.8, 4) is 5.75 Å². The van der Waals surface area contributed by atoms with E-state index in [2.05, 4.69) is 47.8 Å². The third kappa shape index (κ3) is 4.28. The van der Waals surface area contributed by atoms with Crippen molar-refractivity contribution in [3.05, 3.63) is 70.8 Å². The molecule has 0 aromatic heterocycles. The number of aryl methyl sites for hydroxylation is 1. The van der Waals surface area contributed by atoms with Crippen molar-refractivity contribution in [2.24, 2.45) is 5.92 Å². The molecular formula is C28H33NO2. The predicted molar refractivity (Wildman–Crippen MR) is 125 cm³/mol. The van der Waals surface area contributed by atoms with Gasteiger partial charge in [-0.15, -0.1) is 0 Å². The Morgan fingerprint density at radius 1 is 1.06 bits per heavy atom. The van der Waals surface area contributed by atoms with E-state index in [0.29, 0.717) is 18.3 Å². The number of fused-ring (bicyclic) bond motifs is 1. The first-order chi connectivity index (χ1) is 15.1. The first-order valence-electron chi connectivity index (χ1n) is 11.9. The highest BCUT2D eigenvalue weighted by Crippen LogP contribution is 2.45. The van der Waals surface area contributed by atoms with Crippen LogP contribution in [0.1, 0.15) is 73.1 Å². The SMILES string of the molecule is COc1ccccc1/C=C/[C@@H]1CCc2cc([C@H]3CC[C@]4(CCCC(=O)N4)C3)ccc2C1. The van der Waals surface area contributed by atoms with Gasteiger partial charge in [0.1, 0.15) is 5.75 Å². The Labute approximate surface area is 185 Å². The zero-order chi connectivity index (χ0) is 21.3. The smallest absolute Gasteiger partial charge is 0.220 e. The van der Waals surface area contributed by atoms with Crippen LogP contribution in [0, 0.1) is 5.92 Å². The van der Waals surface area contributed by atoms with Crippen molar-refractivity contribution in [2.45, 2.75) is 69.2 Å². The minimum absolute atomic E-state index is 0.0737.